The van der Waals surface area contributed by atoms with E-state index in [1.54, 1.807) is 0 Å². The minimum atomic E-state index is -0.420. The number of hydrogen-bond donors (Lipinski definition) is 1. The Kier molecular flexibility index (Phi) is 2.46. The van der Waals surface area contributed by atoms with Crippen LogP contribution in [0.15, 0.2) is 0 Å². The van der Waals surface area contributed by atoms with E-state index in [9.17, 15) is 9.59 Å². The van der Waals surface area contributed by atoms with Crippen LogP contribution in [-0.4, -0.2) is 30.3 Å². The zero-order chi connectivity index (χ0) is 8.27. The van der Waals surface area contributed by atoms with Gasteiger partial charge in [-0.3, -0.25) is 0 Å². The van der Waals surface area contributed by atoms with Crippen molar-refractivity contribution in [3.05, 3.63) is 0 Å². The maximum absolute atomic E-state index is 10.6. The number of carbonyl (C=O) groups is 2. The van der Waals surface area contributed by atoms with Crippen LogP contribution in [-0.2, 0) is 4.79 Å². The van der Waals surface area contributed by atoms with Crippen molar-refractivity contribution in [1.82, 2.24) is 4.90 Å². The molecule has 1 aliphatic heterocycles. The third-order valence-corrected chi connectivity index (χ3v) is 1.96. The van der Waals surface area contributed by atoms with Gasteiger partial charge in [-0.15, -0.1) is 0 Å². The highest BCUT2D eigenvalue weighted by molar-refractivity contribution is 5.72. The van der Waals surface area contributed by atoms with E-state index in [0.717, 1.165) is 19.1 Å². The molecule has 11 heavy (non-hydrogen) atoms. The number of hydrogen-bond acceptors (Lipinski definition) is 2. The Morgan fingerprint density at radius 3 is 2.91 bits per heavy atom. The molecule has 0 saturated carbocycles. The molecule has 0 spiro atoms. The second-order valence-electron chi connectivity index (χ2n) is 2.82. The molecule has 0 radical (unpaired) electrons. The van der Waals surface area contributed by atoms with Crippen LogP contribution in [0.5, 0.6) is 0 Å². The van der Waals surface area contributed by atoms with Crippen LogP contribution < -0.4 is 5.73 Å². The number of carbonyl (C=O) groups excluding carboxylic acids is 2. The van der Waals surface area contributed by atoms with Crippen LogP contribution in [0.2, 0.25) is 0 Å². The second-order valence-corrected chi connectivity index (χ2v) is 2.82. The van der Waals surface area contributed by atoms with Gasteiger partial charge in [0.1, 0.15) is 6.29 Å². The van der Waals surface area contributed by atoms with Gasteiger partial charge in [0.15, 0.2) is 0 Å². The molecule has 1 rings (SSSR count). The summed E-state index contributed by atoms with van der Waals surface area (Å²) in [6, 6.07) is -0.420. The van der Waals surface area contributed by atoms with E-state index >= 15 is 0 Å². The van der Waals surface area contributed by atoms with Gasteiger partial charge in [-0.2, -0.15) is 0 Å². The van der Waals surface area contributed by atoms with Crippen LogP contribution in [0, 0.1) is 5.92 Å². The van der Waals surface area contributed by atoms with Crippen LogP contribution in [0.25, 0.3) is 0 Å². The van der Waals surface area contributed by atoms with Crippen molar-refractivity contribution >= 4 is 12.3 Å². The van der Waals surface area contributed by atoms with Gasteiger partial charge in [-0.1, -0.05) is 0 Å². The van der Waals surface area contributed by atoms with Gasteiger partial charge in [0.05, 0.1) is 0 Å². The maximum atomic E-state index is 10.6. The van der Waals surface area contributed by atoms with Gasteiger partial charge in [0.25, 0.3) is 0 Å². The SMILES string of the molecule is NC(=O)N1CCCC(C=O)C1. The van der Waals surface area contributed by atoms with E-state index in [1.165, 1.54) is 4.90 Å². The molecule has 1 heterocycles. The van der Waals surface area contributed by atoms with Crippen molar-refractivity contribution in [1.29, 1.82) is 0 Å². The fourth-order valence-corrected chi connectivity index (χ4v) is 1.32. The molecular weight excluding hydrogens is 144 g/mol. The highest BCUT2D eigenvalue weighted by Crippen LogP contribution is 2.13. The Balaban J connectivity index is 2.45. The molecule has 0 bridgehead atoms. The molecule has 4 nitrogen and oxygen atoms in total. The average molecular weight is 156 g/mol. The first-order valence-electron chi connectivity index (χ1n) is 3.73. The van der Waals surface area contributed by atoms with Crippen molar-refractivity contribution in [3.8, 4) is 0 Å². The summed E-state index contributed by atoms with van der Waals surface area (Å²) in [5.41, 5.74) is 5.06. The highest BCUT2D eigenvalue weighted by atomic mass is 16.2. The Bertz CT molecular complexity index is 170. The third-order valence-electron chi connectivity index (χ3n) is 1.96. The van der Waals surface area contributed by atoms with E-state index in [1.807, 2.05) is 0 Å². The predicted molar refractivity (Wildman–Crippen MR) is 39.9 cm³/mol. The van der Waals surface area contributed by atoms with Gasteiger partial charge in [0, 0.05) is 19.0 Å². The Hall–Kier alpha value is -1.06. The smallest absolute Gasteiger partial charge is 0.314 e. The van der Waals surface area contributed by atoms with Crippen LogP contribution >= 0.6 is 0 Å². The summed E-state index contributed by atoms with van der Waals surface area (Å²) < 4.78 is 0. The zero-order valence-electron chi connectivity index (χ0n) is 6.32. The van der Waals surface area contributed by atoms with E-state index < -0.39 is 6.03 Å². The van der Waals surface area contributed by atoms with Gasteiger partial charge in [0.2, 0.25) is 0 Å². The Morgan fingerprint density at radius 2 is 2.36 bits per heavy atom. The molecule has 1 fully saturated rings. The molecule has 2 amide bonds. The van der Waals surface area contributed by atoms with Crippen molar-refractivity contribution in [3.63, 3.8) is 0 Å². The first kappa shape index (κ1) is 8.04. The lowest BCUT2D eigenvalue weighted by Gasteiger charge is -2.28. The topological polar surface area (TPSA) is 63.4 Å². The van der Waals surface area contributed by atoms with E-state index in [0.29, 0.717) is 13.1 Å². The van der Waals surface area contributed by atoms with Crippen LogP contribution in [0.4, 0.5) is 4.79 Å². The number of nitrogens with zero attached hydrogens (tertiary/aromatic N) is 1. The number of urea groups is 1. The fourth-order valence-electron chi connectivity index (χ4n) is 1.32. The molecule has 1 atom stereocenters. The normalized spacial score (nSPS) is 24.7. The van der Waals surface area contributed by atoms with E-state index in [-0.39, 0.29) is 5.92 Å². The molecule has 0 aliphatic carbocycles. The Labute approximate surface area is 65.3 Å². The lowest BCUT2D eigenvalue weighted by Crippen LogP contribution is -2.43. The summed E-state index contributed by atoms with van der Waals surface area (Å²) in [5, 5.41) is 0. The molecular formula is C7H12N2O2. The number of nitrogens with two attached hydrogens (primary N) is 1. The maximum Gasteiger partial charge on any atom is 0.314 e. The molecule has 1 aliphatic rings. The van der Waals surface area contributed by atoms with Crippen molar-refractivity contribution in [2.45, 2.75) is 12.8 Å². The molecule has 1 unspecified atom stereocenters. The molecule has 0 aromatic heterocycles. The average Bonchev–Trinajstić information content (AvgIpc) is 2.05. The van der Waals surface area contributed by atoms with E-state index in [2.05, 4.69) is 0 Å². The standard InChI is InChI=1S/C7H12N2O2/c8-7(11)9-3-1-2-6(4-9)5-10/h5-6H,1-4H2,(H2,8,11). The molecule has 2 N–H and O–H groups in total. The van der Waals surface area contributed by atoms with Gasteiger partial charge < -0.3 is 15.4 Å². The number of primary amides is 1. The predicted octanol–water partition coefficient (Wildman–Crippen LogP) is -0.0240. The number of rotatable bonds is 1. The zero-order valence-corrected chi connectivity index (χ0v) is 6.32. The molecule has 0 aromatic rings. The Morgan fingerprint density at radius 1 is 1.64 bits per heavy atom. The quantitative estimate of drug-likeness (QED) is 0.542. The van der Waals surface area contributed by atoms with Crippen molar-refractivity contribution in [2.24, 2.45) is 11.7 Å². The van der Waals surface area contributed by atoms with Crippen molar-refractivity contribution < 1.29 is 9.59 Å². The fraction of sp³-hybridized carbons (Fsp3) is 0.714. The van der Waals surface area contributed by atoms with Gasteiger partial charge in [-0.05, 0) is 12.8 Å². The lowest BCUT2D eigenvalue weighted by atomic mass is 10.0. The minimum absolute atomic E-state index is 0.00347. The lowest BCUT2D eigenvalue weighted by molar-refractivity contribution is -0.112. The third kappa shape index (κ3) is 1.93. The summed E-state index contributed by atoms with van der Waals surface area (Å²) in [6.07, 6.45) is 2.66. The summed E-state index contributed by atoms with van der Waals surface area (Å²) in [6.45, 7) is 1.19. The number of amides is 2. The monoisotopic (exact) mass is 156 g/mol. The largest absolute Gasteiger partial charge is 0.351 e. The first-order valence-corrected chi connectivity index (χ1v) is 3.73. The minimum Gasteiger partial charge on any atom is -0.351 e. The number of likely N-dealkylation sites (tertiary alicyclic amines) is 1. The highest BCUT2D eigenvalue weighted by Gasteiger charge is 2.20. The van der Waals surface area contributed by atoms with Crippen LogP contribution in [0.3, 0.4) is 0 Å². The number of piperidine rings is 1. The molecule has 1 saturated heterocycles. The molecule has 62 valence electrons. The van der Waals surface area contributed by atoms with E-state index in [4.69, 9.17) is 5.73 Å². The van der Waals surface area contributed by atoms with Crippen LogP contribution in [0.1, 0.15) is 12.8 Å². The second kappa shape index (κ2) is 3.37. The summed E-state index contributed by atoms with van der Waals surface area (Å²) >= 11 is 0. The number of aldehydes is 1. The first-order chi connectivity index (χ1) is 5.24. The summed E-state index contributed by atoms with van der Waals surface area (Å²) in [7, 11) is 0. The molecule has 0 aromatic carbocycles. The van der Waals surface area contributed by atoms with Gasteiger partial charge >= 0.3 is 6.03 Å². The summed E-state index contributed by atoms with van der Waals surface area (Å²) in [4.78, 5) is 22.5. The van der Waals surface area contributed by atoms with Crippen molar-refractivity contribution in [2.75, 3.05) is 13.1 Å². The molecule has 4 heteroatoms. The summed E-state index contributed by atoms with van der Waals surface area (Å²) in [5.74, 6) is -0.00347. The van der Waals surface area contributed by atoms with Gasteiger partial charge in [-0.25, -0.2) is 4.79 Å².